The van der Waals surface area contributed by atoms with Gasteiger partial charge in [-0.25, -0.2) is 0 Å². The van der Waals surface area contributed by atoms with Crippen molar-refractivity contribution in [3.63, 3.8) is 0 Å². The number of hydrogen-bond donors (Lipinski definition) is 1. The monoisotopic (exact) mass is 235 g/mol. The van der Waals surface area contributed by atoms with Crippen molar-refractivity contribution in [2.24, 2.45) is 11.7 Å². The van der Waals surface area contributed by atoms with Crippen LogP contribution in [0.25, 0.3) is 0 Å². The summed E-state index contributed by atoms with van der Waals surface area (Å²) in [6.45, 7) is 5.48. The normalized spacial score (nSPS) is 25.1. The van der Waals surface area contributed by atoms with Crippen molar-refractivity contribution in [2.75, 3.05) is 0 Å². The van der Waals surface area contributed by atoms with Crippen LogP contribution in [-0.4, -0.2) is 15.8 Å². The van der Waals surface area contributed by atoms with Crippen molar-refractivity contribution in [2.45, 2.75) is 65.0 Å². The number of nitrogens with zero attached hydrogens (tertiary/aromatic N) is 2. The molecule has 0 aromatic carbocycles. The minimum Gasteiger partial charge on any atom is -0.328 e. The lowest BCUT2D eigenvalue weighted by molar-refractivity contribution is 0.283. The maximum Gasteiger partial charge on any atom is 0.0624 e. The molecule has 17 heavy (non-hydrogen) atoms. The second-order valence-electron chi connectivity index (χ2n) is 5.30. The number of hydrogen-bond acceptors (Lipinski definition) is 2. The van der Waals surface area contributed by atoms with Gasteiger partial charge in [0, 0.05) is 18.3 Å². The van der Waals surface area contributed by atoms with Crippen LogP contribution in [0.2, 0.25) is 0 Å². The zero-order valence-electron chi connectivity index (χ0n) is 11.2. The van der Waals surface area contributed by atoms with Gasteiger partial charge in [0.05, 0.1) is 5.69 Å². The van der Waals surface area contributed by atoms with Crippen LogP contribution >= 0.6 is 0 Å². The van der Waals surface area contributed by atoms with Crippen molar-refractivity contribution in [1.82, 2.24) is 9.78 Å². The van der Waals surface area contributed by atoms with Crippen LogP contribution in [0.4, 0.5) is 0 Å². The van der Waals surface area contributed by atoms with Gasteiger partial charge in [0.25, 0.3) is 0 Å². The molecular formula is C14H25N3. The highest BCUT2D eigenvalue weighted by Gasteiger charge is 2.20. The molecule has 1 saturated carbocycles. The summed E-state index contributed by atoms with van der Waals surface area (Å²) >= 11 is 0. The SMILES string of the molecule is CCc1cc(CC)n(CC2CCC(N)CC2)n1. The Hall–Kier alpha value is -0.830. The third kappa shape index (κ3) is 3.09. The van der Waals surface area contributed by atoms with E-state index in [9.17, 15) is 0 Å². The van der Waals surface area contributed by atoms with Gasteiger partial charge in [-0.2, -0.15) is 5.10 Å². The molecule has 3 heteroatoms. The van der Waals surface area contributed by atoms with Crippen LogP contribution in [0.15, 0.2) is 6.07 Å². The lowest BCUT2D eigenvalue weighted by Gasteiger charge is -2.26. The van der Waals surface area contributed by atoms with Crippen molar-refractivity contribution in [3.05, 3.63) is 17.5 Å². The third-order valence-electron chi connectivity index (χ3n) is 3.96. The van der Waals surface area contributed by atoms with E-state index in [1.165, 1.54) is 37.1 Å². The average Bonchev–Trinajstić information content (AvgIpc) is 2.74. The number of aromatic nitrogens is 2. The minimum atomic E-state index is 0.445. The zero-order chi connectivity index (χ0) is 12.3. The largest absolute Gasteiger partial charge is 0.328 e. The van der Waals surface area contributed by atoms with Crippen LogP contribution in [-0.2, 0) is 19.4 Å². The summed E-state index contributed by atoms with van der Waals surface area (Å²) in [5.41, 5.74) is 8.57. The fourth-order valence-corrected chi connectivity index (χ4v) is 2.75. The van der Waals surface area contributed by atoms with Gasteiger partial charge in [0.2, 0.25) is 0 Å². The molecule has 1 aromatic rings. The number of rotatable bonds is 4. The Labute approximate surface area is 104 Å². The molecule has 0 saturated heterocycles. The molecule has 2 rings (SSSR count). The van der Waals surface area contributed by atoms with Gasteiger partial charge < -0.3 is 5.73 Å². The number of nitrogens with two attached hydrogens (primary N) is 1. The Morgan fingerprint density at radius 3 is 2.53 bits per heavy atom. The molecule has 1 aliphatic rings. The van der Waals surface area contributed by atoms with Gasteiger partial charge in [-0.3, -0.25) is 4.68 Å². The van der Waals surface area contributed by atoms with E-state index >= 15 is 0 Å². The van der Waals surface area contributed by atoms with Crippen LogP contribution in [0, 0.1) is 5.92 Å². The summed E-state index contributed by atoms with van der Waals surface area (Å²) in [5.74, 6) is 0.782. The second-order valence-corrected chi connectivity index (χ2v) is 5.30. The van der Waals surface area contributed by atoms with Crippen molar-refractivity contribution in [3.8, 4) is 0 Å². The van der Waals surface area contributed by atoms with E-state index in [1.54, 1.807) is 0 Å². The maximum atomic E-state index is 5.95. The Morgan fingerprint density at radius 2 is 1.94 bits per heavy atom. The molecule has 0 aliphatic heterocycles. The van der Waals surface area contributed by atoms with Crippen LogP contribution in [0.3, 0.4) is 0 Å². The van der Waals surface area contributed by atoms with Gasteiger partial charge in [-0.1, -0.05) is 13.8 Å². The van der Waals surface area contributed by atoms with Crippen LogP contribution in [0.5, 0.6) is 0 Å². The van der Waals surface area contributed by atoms with Gasteiger partial charge in [0.1, 0.15) is 0 Å². The first-order valence-corrected chi connectivity index (χ1v) is 7.04. The van der Waals surface area contributed by atoms with E-state index < -0.39 is 0 Å². The predicted molar refractivity (Wildman–Crippen MR) is 70.9 cm³/mol. The molecule has 96 valence electrons. The van der Waals surface area contributed by atoms with Crippen molar-refractivity contribution >= 4 is 0 Å². The first kappa shape index (κ1) is 12.6. The highest BCUT2D eigenvalue weighted by molar-refractivity contribution is 5.10. The molecule has 1 fully saturated rings. The third-order valence-corrected chi connectivity index (χ3v) is 3.96. The lowest BCUT2D eigenvalue weighted by atomic mass is 9.86. The predicted octanol–water partition coefficient (Wildman–Crippen LogP) is 2.53. The van der Waals surface area contributed by atoms with Crippen molar-refractivity contribution < 1.29 is 0 Å². The van der Waals surface area contributed by atoms with Crippen molar-refractivity contribution in [1.29, 1.82) is 0 Å². The molecular weight excluding hydrogens is 210 g/mol. The number of aryl methyl sites for hydroxylation is 2. The molecule has 0 amide bonds. The van der Waals surface area contributed by atoms with E-state index in [1.807, 2.05) is 0 Å². The molecule has 0 radical (unpaired) electrons. The van der Waals surface area contributed by atoms with Gasteiger partial charge in [-0.15, -0.1) is 0 Å². The second kappa shape index (κ2) is 5.67. The quantitative estimate of drug-likeness (QED) is 0.871. The minimum absolute atomic E-state index is 0.445. The Bertz CT molecular complexity index is 348. The average molecular weight is 235 g/mol. The topological polar surface area (TPSA) is 43.8 Å². The fourth-order valence-electron chi connectivity index (χ4n) is 2.75. The molecule has 1 heterocycles. The summed E-state index contributed by atoms with van der Waals surface area (Å²) in [4.78, 5) is 0. The smallest absolute Gasteiger partial charge is 0.0624 e. The van der Waals surface area contributed by atoms with Crippen LogP contribution in [0.1, 0.15) is 50.9 Å². The summed E-state index contributed by atoms with van der Waals surface area (Å²) in [5, 5.41) is 4.70. The highest BCUT2D eigenvalue weighted by Crippen LogP contribution is 2.25. The first-order valence-electron chi connectivity index (χ1n) is 7.04. The molecule has 0 atom stereocenters. The lowest BCUT2D eigenvalue weighted by Crippen LogP contribution is -2.28. The molecule has 3 nitrogen and oxygen atoms in total. The standard InChI is InChI=1S/C14H25N3/c1-3-13-9-14(4-2)17(16-13)10-11-5-7-12(15)8-6-11/h9,11-12H,3-8,10,15H2,1-2H3. The molecule has 0 unspecified atom stereocenters. The highest BCUT2D eigenvalue weighted by atomic mass is 15.3. The van der Waals surface area contributed by atoms with E-state index in [4.69, 9.17) is 10.8 Å². The Balaban J connectivity index is 1.99. The molecule has 1 aromatic heterocycles. The van der Waals surface area contributed by atoms with E-state index in [-0.39, 0.29) is 0 Å². The summed E-state index contributed by atoms with van der Waals surface area (Å²) in [7, 11) is 0. The maximum absolute atomic E-state index is 5.95. The molecule has 0 bridgehead atoms. The first-order chi connectivity index (χ1) is 8.22. The van der Waals surface area contributed by atoms with E-state index in [0.29, 0.717) is 6.04 Å². The van der Waals surface area contributed by atoms with Gasteiger partial charge in [-0.05, 0) is 50.5 Å². The van der Waals surface area contributed by atoms with Gasteiger partial charge >= 0.3 is 0 Å². The Morgan fingerprint density at radius 1 is 1.24 bits per heavy atom. The van der Waals surface area contributed by atoms with E-state index in [0.717, 1.165) is 25.3 Å². The molecule has 2 N–H and O–H groups in total. The molecule has 0 spiro atoms. The molecule has 1 aliphatic carbocycles. The van der Waals surface area contributed by atoms with E-state index in [2.05, 4.69) is 24.6 Å². The van der Waals surface area contributed by atoms with Crippen LogP contribution < -0.4 is 5.73 Å². The fraction of sp³-hybridized carbons (Fsp3) is 0.786. The summed E-state index contributed by atoms with van der Waals surface area (Å²) in [6.07, 6.45) is 7.04. The zero-order valence-corrected chi connectivity index (χ0v) is 11.2. The van der Waals surface area contributed by atoms with Gasteiger partial charge in [0.15, 0.2) is 0 Å². The summed E-state index contributed by atoms with van der Waals surface area (Å²) in [6, 6.07) is 2.70. The summed E-state index contributed by atoms with van der Waals surface area (Å²) < 4.78 is 2.24. The Kier molecular flexibility index (Phi) is 4.21.